The zero-order chi connectivity index (χ0) is 14.6. The van der Waals surface area contributed by atoms with Gasteiger partial charge in [-0.3, -0.25) is 14.9 Å². The summed E-state index contributed by atoms with van der Waals surface area (Å²) in [4.78, 5) is 21.5. The van der Waals surface area contributed by atoms with Gasteiger partial charge in [0.2, 0.25) is 0 Å². The van der Waals surface area contributed by atoms with Crippen LogP contribution in [0.1, 0.15) is 25.8 Å². The Labute approximate surface area is 111 Å². The highest BCUT2D eigenvalue weighted by atomic mass is 16.6. The van der Waals surface area contributed by atoms with Crippen molar-refractivity contribution in [3.8, 4) is 0 Å². The third-order valence-electron chi connectivity index (χ3n) is 3.25. The number of carboxylic acid groups (broad SMARTS) is 1. The van der Waals surface area contributed by atoms with Crippen LogP contribution in [-0.4, -0.2) is 22.5 Å². The Morgan fingerprint density at radius 2 is 2.11 bits per heavy atom. The van der Waals surface area contributed by atoms with Crippen LogP contribution in [0.15, 0.2) is 18.2 Å². The van der Waals surface area contributed by atoms with Crippen molar-refractivity contribution in [3.05, 3.63) is 33.9 Å². The monoisotopic (exact) mass is 266 g/mol. The van der Waals surface area contributed by atoms with Crippen molar-refractivity contribution < 1.29 is 14.8 Å². The van der Waals surface area contributed by atoms with Gasteiger partial charge in [0.05, 0.1) is 10.3 Å². The van der Waals surface area contributed by atoms with Crippen molar-refractivity contribution >= 4 is 17.3 Å². The highest BCUT2D eigenvalue weighted by Crippen LogP contribution is 2.25. The van der Waals surface area contributed by atoms with Crippen LogP contribution < -0.4 is 5.32 Å². The molecule has 6 nitrogen and oxygen atoms in total. The van der Waals surface area contributed by atoms with Crippen molar-refractivity contribution in [1.29, 1.82) is 0 Å². The summed E-state index contributed by atoms with van der Waals surface area (Å²) in [6, 6.07) is 4.64. The van der Waals surface area contributed by atoms with E-state index >= 15 is 0 Å². The number of non-ortho nitro benzene ring substituents is 1. The zero-order valence-corrected chi connectivity index (χ0v) is 11.3. The molecule has 0 radical (unpaired) electrons. The number of rotatable bonds is 6. The van der Waals surface area contributed by atoms with Gasteiger partial charge >= 0.3 is 5.97 Å². The molecule has 0 amide bonds. The number of aliphatic carboxylic acids is 1. The summed E-state index contributed by atoms with van der Waals surface area (Å²) < 4.78 is 0. The molecule has 1 rings (SSSR count). The molecule has 19 heavy (non-hydrogen) atoms. The van der Waals surface area contributed by atoms with Crippen LogP contribution in [0.5, 0.6) is 0 Å². The fourth-order valence-electron chi connectivity index (χ4n) is 1.62. The summed E-state index contributed by atoms with van der Waals surface area (Å²) >= 11 is 0. The molecule has 0 aliphatic rings. The normalized spacial score (nSPS) is 13.6. The Hall–Kier alpha value is -2.11. The van der Waals surface area contributed by atoms with Gasteiger partial charge in [0.1, 0.15) is 0 Å². The first-order valence-electron chi connectivity index (χ1n) is 6.02. The number of aryl methyl sites for hydroxylation is 1. The second kappa shape index (κ2) is 5.69. The van der Waals surface area contributed by atoms with Gasteiger partial charge in [0.25, 0.3) is 5.69 Å². The van der Waals surface area contributed by atoms with Gasteiger partial charge in [0, 0.05) is 24.4 Å². The standard InChI is InChI=1S/C13H18N2O4/c1-4-13(3,12(16)17)8-14-10-5-9(2)6-11(7-10)15(18)19/h5-7,14H,4,8H2,1-3H3,(H,16,17). The molecule has 0 saturated heterocycles. The molecule has 6 heteroatoms. The Kier molecular flexibility index (Phi) is 4.47. The third-order valence-corrected chi connectivity index (χ3v) is 3.25. The molecule has 1 aromatic carbocycles. The van der Waals surface area contributed by atoms with Gasteiger partial charge in [-0.15, -0.1) is 0 Å². The van der Waals surface area contributed by atoms with E-state index in [2.05, 4.69) is 5.32 Å². The van der Waals surface area contributed by atoms with E-state index in [1.807, 2.05) is 0 Å². The minimum atomic E-state index is -0.890. The lowest BCUT2D eigenvalue weighted by Gasteiger charge is -2.23. The van der Waals surface area contributed by atoms with Crippen molar-refractivity contribution in [2.75, 3.05) is 11.9 Å². The summed E-state index contributed by atoms with van der Waals surface area (Å²) in [5.41, 5.74) is 0.423. The van der Waals surface area contributed by atoms with Gasteiger partial charge in [-0.1, -0.05) is 6.92 Å². The molecule has 0 aliphatic carbocycles. The van der Waals surface area contributed by atoms with Crippen molar-refractivity contribution in [2.24, 2.45) is 5.41 Å². The molecule has 0 saturated carbocycles. The molecule has 1 atom stereocenters. The second-order valence-corrected chi connectivity index (χ2v) is 4.89. The highest BCUT2D eigenvalue weighted by molar-refractivity contribution is 5.75. The first-order chi connectivity index (χ1) is 8.78. The van der Waals surface area contributed by atoms with E-state index in [1.54, 1.807) is 26.8 Å². The van der Waals surface area contributed by atoms with Crippen LogP contribution >= 0.6 is 0 Å². The largest absolute Gasteiger partial charge is 0.481 e. The number of carbonyl (C=O) groups is 1. The molecule has 0 fully saturated rings. The highest BCUT2D eigenvalue weighted by Gasteiger charge is 2.30. The predicted molar refractivity (Wildman–Crippen MR) is 72.4 cm³/mol. The first-order valence-corrected chi connectivity index (χ1v) is 6.02. The molecule has 0 heterocycles. The number of nitrogens with zero attached hydrogens (tertiary/aromatic N) is 1. The maximum atomic E-state index is 11.2. The Morgan fingerprint density at radius 1 is 1.47 bits per heavy atom. The van der Waals surface area contributed by atoms with E-state index in [1.165, 1.54) is 12.1 Å². The van der Waals surface area contributed by atoms with Crippen LogP contribution in [0.3, 0.4) is 0 Å². The Morgan fingerprint density at radius 3 is 2.58 bits per heavy atom. The molecule has 1 unspecified atom stereocenters. The fourth-order valence-corrected chi connectivity index (χ4v) is 1.62. The van der Waals surface area contributed by atoms with Crippen LogP contribution in [0.2, 0.25) is 0 Å². The molecule has 2 N–H and O–H groups in total. The average molecular weight is 266 g/mol. The number of hydrogen-bond donors (Lipinski definition) is 2. The van der Waals surface area contributed by atoms with Gasteiger partial charge in [-0.25, -0.2) is 0 Å². The fraction of sp³-hybridized carbons (Fsp3) is 0.462. The Bertz CT molecular complexity index is 501. The summed E-state index contributed by atoms with van der Waals surface area (Å²) in [6.45, 7) is 5.43. The van der Waals surface area contributed by atoms with Crippen LogP contribution in [0.4, 0.5) is 11.4 Å². The summed E-state index contributed by atoms with van der Waals surface area (Å²) in [7, 11) is 0. The summed E-state index contributed by atoms with van der Waals surface area (Å²) in [5.74, 6) is -0.885. The molecular weight excluding hydrogens is 248 g/mol. The molecule has 0 spiro atoms. The number of hydrogen-bond acceptors (Lipinski definition) is 4. The maximum Gasteiger partial charge on any atom is 0.311 e. The number of carboxylic acids is 1. The minimum Gasteiger partial charge on any atom is -0.481 e. The van der Waals surface area contributed by atoms with E-state index in [0.29, 0.717) is 12.1 Å². The number of nitrogens with one attached hydrogen (secondary N) is 1. The summed E-state index contributed by atoms with van der Waals surface area (Å²) in [6.07, 6.45) is 0.475. The SMILES string of the molecule is CCC(C)(CNc1cc(C)cc([N+](=O)[O-])c1)C(=O)O. The average Bonchev–Trinajstić information content (AvgIpc) is 2.35. The number of nitro groups is 1. The second-order valence-electron chi connectivity index (χ2n) is 4.89. The minimum absolute atomic E-state index is 0.00368. The number of benzene rings is 1. The van der Waals surface area contributed by atoms with Gasteiger partial charge in [0.15, 0.2) is 0 Å². The van der Waals surface area contributed by atoms with E-state index < -0.39 is 16.3 Å². The van der Waals surface area contributed by atoms with Crippen LogP contribution in [0.25, 0.3) is 0 Å². The molecular formula is C13H18N2O4. The van der Waals surface area contributed by atoms with E-state index in [4.69, 9.17) is 5.11 Å². The van der Waals surface area contributed by atoms with Gasteiger partial charge < -0.3 is 10.4 Å². The Balaban J connectivity index is 2.89. The molecule has 0 bridgehead atoms. The zero-order valence-electron chi connectivity index (χ0n) is 11.3. The predicted octanol–water partition coefficient (Wildman–Crippen LogP) is 2.82. The molecule has 1 aromatic rings. The number of nitro benzene ring substituents is 1. The van der Waals surface area contributed by atoms with E-state index in [9.17, 15) is 14.9 Å². The van der Waals surface area contributed by atoms with Crippen LogP contribution in [-0.2, 0) is 4.79 Å². The quantitative estimate of drug-likeness (QED) is 0.610. The van der Waals surface area contributed by atoms with E-state index in [0.717, 1.165) is 5.56 Å². The maximum absolute atomic E-state index is 11.2. The van der Waals surface area contributed by atoms with Crippen molar-refractivity contribution in [3.63, 3.8) is 0 Å². The van der Waals surface area contributed by atoms with Crippen molar-refractivity contribution in [1.82, 2.24) is 0 Å². The third kappa shape index (κ3) is 3.67. The van der Waals surface area contributed by atoms with E-state index in [-0.39, 0.29) is 12.2 Å². The molecule has 0 aliphatic heterocycles. The topological polar surface area (TPSA) is 92.5 Å². The van der Waals surface area contributed by atoms with Crippen LogP contribution in [0, 0.1) is 22.5 Å². The van der Waals surface area contributed by atoms with Gasteiger partial charge in [-0.2, -0.15) is 0 Å². The lowest BCUT2D eigenvalue weighted by atomic mass is 9.87. The molecule has 0 aromatic heterocycles. The van der Waals surface area contributed by atoms with Gasteiger partial charge in [-0.05, 0) is 31.9 Å². The first kappa shape index (κ1) is 14.9. The lowest BCUT2D eigenvalue weighted by molar-refractivity contribution is -0.384. The lowest BCUT2D eigenvalue weighted by Crippen LogP contribution is -2.34. The smallest absolute Gasteiger partial charge is 0.311 e. The molecule has 104 valence electrons. The number of anilines is 1. The summed E-state index contributed by atoms with van der Waals surface area (Å²) in [5, 5.41) is 22.9. The van der Waals surface area contributed by atoms with Crippen molar-refractivity contribution in [2.45, 2.75) is 27.2 Å².